The van der Waals surface area contributed by atoms with E-state index in [0.29, 0.717) is 0 Å². The van der Waals surface area contributed by atoms with Gasteiger partial charge in [-0.25, -0.2) is 0 Å². The summed E-state index contributed by atoms with van der Waals surface area (Å²) in [6, 6.07) is 16.1. The van der Waals surface area contributed by atoms with Crippen molar-refractivity contribution >= 4 is 29.8 Å². The molecule has 1 heterocycles. The summed E-state index contributed by atoms with van der Waals surface area (Å²) >= 11 is 3.55. The average Bonchev–Trinajstić information content (AvgIpc) is 2.92. The Labute approximate surface area is 126 Å². The molecule has 1 atom stereocenters. The van der Waals surface area contributed by atoms with Crippen molar-refractivity contribution in [3.05, 3.63) is 54.1 Å². The summed E-state index contributed by atoms with van der Waals surface area (Å²) in [6.45, 7) is 0. The SMILES string of the molecule is COc1ccc([C@H](C=O)C2Sc3ccccc3S2)cc1. The topological polar surface area (TPSA) is 26.3 Å². The average molecular weight is 302 g/mol. The van der Waals surface area contributed by atoms with Crippen molar-refractivity contribution in [2.75, 3.05) is 7.11 Å². The number of aldehydes is 1. The first-order chi connectivity index (χ1) is 9.81. The number of ether oxygens (including phenoxy) is 1. The molecule has 3 rings (SSSR count). The fourth-order valence-corrected chi connectivity index (χ4v) is 5.21. The zero-order valence-electron chi connectivity index (χ0n) is 11.0. The Morgan fingerprint density at radius 2 is 1.65 bits per heavy atom. The van der Waals surface area contributed by atoms with Gasteiger partial charge in [-0.15, -0.1) is 23.5 Å². The van der Waals surface area contributed by atoms with Crippen molar-refractivity contribution in [2.45, 2.75) is 20.3 Å². The van der Waals surface area contributed by atoms with E-state index in [1.807, 2.05) is 36.4 Å². The Hall–Kier alpha value is -1.39. The molecule has 2 nitrogen and oxygen atoms in total. The molecule has 0 N–H and O–H groups in total. The molecule has 2 aromatic carbocycles. The van der Waals surface area contributed by atoms with Crippen LogP contribution in [0.15, 0.2) is 58.3 Å². The second-order valence-corrected chi connectivity index (χ2v) is 7.15. The summed E-state index contributed by atoms with van der Waals surface area (Å²) in [4.78, 5) is 14.1. The van der Waals surface area contributed by atoms with Gasteiger partial charge in [0.15, 0.2) is 0 Å². The van der Waals surface area contributed by atoms with Gasteiger partial charge in [0.1, 0.15) is 12.0 Å². The van der Waals surface area contributed by atoms with Crippen molar-refractivity contribution < 1.29 is 9.53 Å². The number of carbonyl (C=O) groups is 1. The molecule has 1 aliphatic heterocycles. The predicted molar refractivity (Wildman–Crippen MR) is 83.7 cm³/mol. The van der Waals surface area contributed by atoms with E-state index in [1.54, 1.807) is 30.6 Å². The van der Waals surface area contributed by atoms with Crippen LogP contribution in [0.2, 0.25) is 0 Å². The minimum absolute atomic E-state index is 0.108. The number of benzene rings is 2. The molecule has 0 aromatic heterocycles. The van der Waals surface area contributed by atoms with Crippen LogP contribution in [0.5, 0.6) is 5.75 Å². The number of fused-ring (bicyclic) bond motifs is 1. The maximum atomic E-state index is 11.5. The van der Waals surface area contributed by atoms with Gasteiger partial charge in [-0.1, -0.05) is 24.3 Å². The third kappa shape index (κ3) is 2.58. The van der Waals surface area contributed by atoms with Gasteiger partial charge < -0.3 is 9.53 Å². The molecule has 0 amide bonds. The van der Waals surface area contributed by atoms with Gasteiger partial charge in [-0.3, -0.25) is 0 Å². The van der Waals surface area contributed by atoms with E-state index in [9.17, 15) is 4.79 Å². The van der Waals surface area contributed by atoms with E-state index in [0.717, 1.165) is 17.6 Å². The Balaban J connectivity index is 1.83. The van der Waals surface area contributed by atoms with E-state index in [-0.39, 0.29) is 10.5 Å². The maximum Gasteiger partial charge on any atom is 0.129 e. The minimum Gasteiger partial charge on any atom is -0.497 e. The van der Waals surface area contributed by atoms with Crippen molar-refractivity contribution in [1.82, 2.24) is 0 Å². The van der Waals surface area contributed by atoms with Crippen LogP contribution in [0.3, 0.4) is 0 Å². The van der Waals surface area contributed by atoms with Crippen LogP contribution in [0.1, 0.15) is 11.5 Å². The monoisotopic (exact) mass is 302 g/mol. The van der Waals surface area contributed by atoms with Crippen LogP contribution in [-0.4, -0.2) is 18.0 Å². The smallest absolute Gasteiger partial charge is 0.129 e. The highest BCUT2D eigenvalue weighted by molar-refractivity contribution is 8.19. The summed E-state index contributed by atoms with van der Waals surface area (Å²) in [5.41, 5.74) is 1.04. The van der Waals surface area contributed by atoms with E-state index < -0.39 is 0 Å². The molecule has 0 spiro atoms. The molecule has 0 bridgehead atoms. The van der Waals surface area contributed by atoms with E-state index >= 15 is 0 Å². The summed E-state index contributed by atoms with van der Waals surface area (Å²) < 4.78 is 5.37. The normalized spacial score (nSPS) is 15.7. The maximum absolute atomic E-state index is 11.5. The minimum atomic E-state index is -0.108. The molecular weight excluding hydrogens is 288 g/mol. The van der Waals surface area contributed by atoms with Gasteiger partial charge in [0.25, 0.3) is 0 Å². The van der Waals surface area contributed by atoms with Gasteiger partial charge in [0, 0.05) is 9.79 Å². The second kappa shape index (κ2) is 5.94. The highest BCUT2D eigenvalue weighted by atomic mass is 32.2. The molecule has 2 aromatic rings. The fraction of sp³-hybridized carbons (Fsp3) is 0.188. The highest BCUT2D eigenvalue weighted by Crippen LogP contribution is 2.52. The van der Waals surface area contributed by atoms with Crippen LogP contribution in [0.25, 0.3) is 0 Å². The van der Waals surface area contributed by atoms with Crippen LogP contribution in [-0.2, 0) is 4.79 Å². The summed E-state index contributed by atoms with van der Waals surface area (Å²) in [7, 11) is 1.64. The lowest BCUT2D eigenvalue weighted by molar-refractivity contribution is -0.108. The van der Waals surface area contributed by atoms with Crippen LogP contribution in [0, 0.1) is 0 Å². The van der Waals surface area contributed by atoms with E-state index in [2.05, 4.69) is 12.1 Å². The molecule has 0 fully saturated rings. The van der Waals surface area contributed by atoms with Gasteiger partial charge >= 0.3 is 0 Å². The first-order valence-electron chi connectivity index (χ1n) is 6.33. The van der Waals surface area contributed by atoms with Crippen molar-refractivity contribution in [2.24, 2.45) is 0 Å². The van der Waals surface area contributed by atoms with Crippen LogP contribution < -0.4 is 4.74 Å². The van der Waals surface area contributed by atoms with Crippen molar-refractivity contribution in [3.63, 3.8) is 0 Å². The molecule has 4 heteroatoms. The van der Waals surface area contributed by atoms with Crippen molar-refractivity contribution in [1.29, 1.82) is 0 Å². The van der Waals surface area contributed by atoms with Gasteiger partial charge in [0.05, 0.1) is 17.6 Å². The lowest BCUT2D eigenvalue weighted by Crippen LogP contribution is -2.11. The third-order valence-electron chi connectivity index (χ3n) is 3.28. The first kappa shape index (κ1) is 13.6. The largest absolute Gasteiger partial charge is 0.497 e. The number of rotatable bonds is 4. The lowest BCUT2D eigenvalue weighted by atomic mass is 10.0. The quantitative estimate of drug-likeness (QED) is 0.791. The number of thioether (sulfide) groups is 2. The van der Waals surface area contributed by atoms with E-state index in [4.69, 9.17) is 4.74 Å². The molecule has 0 saturated heterocycles. The number of carbonyl (C=O) groups excluding carboxylic acids is 1. The first-order valence-corrected chi connectivity index (χ1v) is 8.09. The third-order valence-corrected chi connectivity index (χ3v) is 6.25. The fourth-order valence-electron chi connectivity index (χ4n) is 2.19. The zero-order chi connectivity index (χ0) is 13.9. The molecule has 0 aliphatic carbocycles. The highest BCUT2D eigenvalue weighted by Gasteiger charge is 2.31. The van der Waals surface area contributed by atoms with E-state index in [1.165, 1.54) is 9.79 Å². The van der Waals surface area contributed by atoms with Crippen LogP contribution >= 0.6 is 23.5 Å². The standard InChI is InChI=1S/C16H14O2S2/c1-18-12-8-6-11(7-9-12)13(10-17)16-19-14-4-2-3-5-15(14)20-16/h2-10,13,16H,1H3/t13-/m0/s1. The molecule has 102 valence electrons. The Bertz CT molecular complexity index is 585. The molecule has 0 unspecified atom stereocenters. The van der Waals surface area contributed by atoms with Crippen LogP contribution in [0.4, 0.5) is 0 Å². The van der Waals surface area contributed by atoms with Crippen molar-refractivity contribution in [3.8, 4) is 5.75 Å². The number of hydrogen-bond donors (Lipinski definition) is 0. The molecule has 1 aliphatic rings. The Morgan fingerprint density at radius 3 is 2.15 bits per heavy atom. The number of methoxy groups -OCH3 is 1. The summed E-state index contributed by atoms with van der Waals surface area (Å²) in [5.74, 6) is 0.705. The number of hydrogen-bond acceptors (Lipinski definition) is 4. The molecular formula is C16H14O2S2. The lowest BCUT2D eigenvalue weighted by Gasteiger charge is -2.16. The summed E-state index contributed by atoms with van der Waals surface area (Å²) in [6.07, 6.45) is 1.05. The summed E-state index contributed by atoms with van der Waals surface area (Å²) in [5, 5.41) is 0. The second-order valence-electron chi connectivity index (χ2n) is 4.49. The zero-order valence-corrected chi connectivity index (χ0v) is 12.6. The van der Waals surface area contributed by atoms with Gasteiger partial charge in [-0.2, -0.15) is 0 Å². The Kier molecular flexibility index (Phi) is 4.03. The van der Waals surface area contributed by atoms with Gasteiger partial charge in [-0.05, 0) is 29.8 Å². The molecule has 0 saturated carbocycles. The van der Waals surface area contributed by atoms with Gasteiger partial charge in [0.2, 0.25) is 0 Å². The molecule has 0 radical (unpaired) electrons. The molecule has 20 heavy (non-hydrogen) atoms. The predicted octanol–water partition coefficient (Wildman–Crippen LogP) is 4.20. The Morgan fingerprint density at radius 1 is 1.05 bits per heavy atom.